The van der Waals surface area contributed by atoms with Gasteiger partial charge in [0.05, 0.1) is 17.6 Å². The van der Waals surface area contributed by atoms with Crippen LogP contribution in [-0.4, -0.2) is 31.2 Å². The van der Waals surface area contributed by atoms with Gasteiger partial charge in [0.1, 0.15) is 5.76 Å². The number of amides is 1. The Morgan fingerprint density at radius 2 is 1.97 bits per heavy atom. The number of carbonyl (C=O) groups is 1. The predicted octanol–water partition coefficient (Wildman–Crippen LogP) is 4.41. The largest absolute Gasteiger partial charge is 0.361 e. The summed E-state index contributed by atoms with van der Waals surface area (Å²) in [7, 11) is 1.79. The van der Waals surface area contributed by atoms with Gasteiger partial charge in [0.15, 0.2) is 5.65 Å². The van der Waals surface area contributed by atoms with Crippen LogP contribution in [0.3, 0.4) is 0 Å². The fourth-order valence-corrected chi connectivity index (χ4v) is 5.27. The molecule has 0 spiro atoms. The molecule has 1 saturated carbocycles. The maximum absolute atomic E-state index is 13.0. The van der Waals surface area contributed by atoms with Crippen LogP contribution >= 0.6 is 0 Å². The molecule has 0 aromatic carbocycles. The zero-order chi connectivity index (χ0) is 25.7. The van der Waals surface area contributed by atoms with Gasteiger partial charge in [-0.3, -0.25) is 13.9 Å². The fraction of sp³-hybridized carbons (Fsp3) is 0.630. The number of carbonyl (C=O) groups excluding carboxylic acids is 1. The Morgan fingerprint density at radius 3 is 2.60 bits per heavy atom. The highest BCUT2D eigenvalue weighted by atomic mass is 16.5. The molecule has 2 atom stereocenters. The number of aromatic nitrogens is 4. The summed E-state index contributed by atoms with van der Waals surface area (Å²) >= 11 is 0. The summed E-state index contributed by atoms with van der Waals surface area (Å²) in [6, 6.07) is 4.13. The summed E-state index contributed by atoms with van der Waals surface area (Å²) in [5.74, 6) is 0.904. The first-order valence-electron chi connectivity index (χ1n) is 12.5. The quantitative estimate of drug-likeness (QED) is 0.583. The number of aryl methyl sites for hydroxylation is 3. The topological polar surface area (TPSA) is 95.0 Å². The molecule has 3 aromatic rings. The van der Waals surface area contributed by atoms with Gasteiger partial charge in [0.2, 0.25) is 5.91 Å². The van der Waals surface area contributed by atoms with Gasteiger partial charge in [-0.05, 0) is 56.1 Å². The Labute approximate surface area is 207 Å². The Bertz CT molecular complexity index is 1290. The number of fused-ring (bicyclic) bond motifs is 1. The number of imidazole rings is 1. The lowest BCUT2D eigenvalue weighted by Gasteiger charge is -2.42. The van der Waals surface area contributed by atoms with E-state index in [9.17, 15) is 9.59 Å². The first-order valence-corrected chi connectivity index (χ1v) is 12.5. The maximum Gasteiger partial charge on any atom is 0.330 e. The highest BCUT2D eigenvalue weighted by molar-refractivity contribution is 5.79. The Hall–Kier alpha value is -2.90. The molecule has 4 rings (SSSR count). The van der Waals surface area contributed by atoms with Crippen LogP contribution < -0.4 is 11.0 Å². The smallest absolute Gasteiger partial charge is 0.330 e. The second-order valence-electron chi connectivity index (χ2n) is 12.1. The molecule has 8 nitrogen and oxygen atoms in total. The van der Waals surface area contributed by atoms with Crippen molar-refractivity contribution in [2.45, 2.75) is 92.7 Å². The van der Waals surface area contributed by atoms with E-state index in [-0.39, 0.29) is 40.8 Å². The van der Waals surface area contributed by atoms with Gasteiger partial charge < -0.3 is 9.84 Å². The van der Waals surface area contributed by atoms with E-state index in [2.05, 4.69) is 51.2 Å². The van der Waals surface area contributed by atoms with Gasteiger partial charge in [-0.2, -0.15) is 0 Å². The standard InChI is InChI=1S/C27H39N5O3/c1-16-19(17(2)35-30-16)14-23(33)29-22-13-18(11-12-27(22,6)7)20-9-10-21-24(28-20)31(8)25(34)32(21)15-26(3,4)5/h9-10,18,22H,11-15H2,1-8H3,(H,29,33). The van der Waals surface area contributed by atoms with Crippen LogP contribution in [0.15, 0.2) is 21.5 Å². The van der Waals surface area contributed by atoms with E-state index >= 15 is 0 Å². The van der Waals surface area contributed by atoms with Crippen molar-refractivity contribution in [3.63, 3.8) is 0 Å². The van der Waals surface area contributed by atoms with Crippen LogP contribution in [0.5, 0.6) is 0 Å². The Balaban J connectivity index is 1.56. The van der Waals surface area contributed by atoms with Gasteiger partial charge in [0.25, 0.3) is 0 Å². The number of pyridine rings is 1. The summed E-state index contributed by atoms with van der Waals surface area (Å²) in [4.78, 5) is 30.8. The molecule has 3 heterocycles. The molecule has 0 aliphatic heterocycles. The van der Waals surface area contributed by atoms with Gasteiger partial charge in [-0.25, -0.2) is 9.78 Å². The van der Waals surface area contributed by atoms with Crippen molar-refractivity contribution >= 4 is 17.1 Å². The molecule has 2 unspecified atom stereocenters. The van der Waals surface area contributed by atoms with E-state index in [1.807, 2.05) is 24.5 Å². The van der Waals surface area contributed by atoms with E-state index in [0.717, 1.165) is 47.4 Å². The number of hydrogen-bond acceptors (Lipinski definition) is 5. The molecule has 0 saturated heterocycles. The van der Waals surface area contributed by atoms with E-state index in [1.165, 1.54) is 0 Å². The molecular weight excluding hydrogens is 442 g/mol. The molecule has 1 N–H and O–H groups in total. The number of hydrogen-bond donors (Lipinski definition) is 1. The highest BCUT2D eigenvalue weighted by Gasteiger charge is 2.38. The summed E-state index contributed by atoms with van der Waals surface area (Å²) < 4.78 is 8.70. The summed E-state index contributed by atoms with van der Waals surface area (Å²) in [5, 5.41) is 7.26. The van der Waals surface area contributed by atoms with Crippen molar-refractivity contribution in [2.75, 3.05) is 0 Å². The molecule has 190 valence electrons. The zero-order valence-corrected chi connectivity index (χ0v) is 22.4. The number of nitrogens with one attached hydrogen (secondary N) is 1. The molecular formula is C27H39N5O3. The summed E-state index contributed by atoms with van der Waals surface area (Å²) in [6.07, 6.45) is 3.07. The maximum atomic E-state index is 13.0. The molecule has 3 aromatic heterocycles. The Morgan fingerprint density at radius 1 is 1.26 bits per heavy atom. The first kappa shape index (κ1) is 25.2. The highest BCUT2D eigenvalue weighted by Crippen LogP contribution is 2.42. The molecule has 8 heteroatoms. The van der Waals surface area contributed by atoms with Crippen LogP contribution in [0, 0.1) is 24.7 Å². The molecule has 1 aliphatic carbocycles. The van der Waals surface area contributed by atoms with Crippen LogP contribution in [-0.2, 0) is 24.8 Å². The van der Waals surface area contributed by atoms with Gasteiger partial charge in [0, 0.05) is 36.8 Å². The first-order chi connectivity index (χ1) is 16.3. The minimum Gasteiger partial charge on any atom is -0.361 e. The van der Waals surface area contributed by atoms with Crippen molar-refractivity contribution in [1.82, 2.24) is 24.6 Å². The minimum absolute atomic E-state index is 0.0109. The predicted molar refractivity (Wildman–Crippen MR) is 136 cm³/mol. The van der Waals surface area contributed by atoms with E-state index in [4.69, 9.17) is 9.51 Å². The van der Waals surface area contributed by atoms with Crippen molar-refractivity contribution in [1.29, 1.82) is 0 Å². The second kappa shape index (κ2) is 8.95. The van der Waals surface area contributed by atoms with E-state index in [0.29, 0.717) is 12.3 Å². The van der Waals surface area contributed by atoms with Crippen molar-refractivity contribution < 1.29 is 9.32 Å². The minimum atomic E-state index is -0.0335. The van der Waals surface area contributed by atoms with Crippen LogP contribution in [0.4, 0.5) is 0 Å². The van der Waals surface area contributed by atoms with Gasteiger partial charge in [-0.1, -0.05) is 39.8 Å². The van der Waals surface area contributed by atoms with Crippen molar-refractivity contribution in [3.8, 4) is 0 Å². The molecule has 1 fully saturated rings. The monoisotopic (exact) mass is 481 g/mol. The third-order valence-electron chi connectivity index (χ3n) is 7.51. The SMILES string of the molecule is Cc1noc(C)c1CC(=O)NC1CC(c2ccc3c(n2)n(C)c(=O)n3CC(C)(C)C)CCC1(C)C. The number of rotatable bonds is 5. The van der Waals surface area contributed by atoms with Gasteiger partial charge in [-0.15, -0.1) is 0 Å². The molecule has 1 amide bonds. The van der Waals surface area contributed by atoms with Gasteiger partial charge >= 0.3 is 5.69 Å². The lowest BCUT2D eigenvalue weighted by atomic mass is 9.68. The third kappa shape index (κ3) is 5.07. The van der Waals surface area contributed by atoms with E-state index < -0.39 is 0 Å². The normalized spacial score (nSPS) is 20.3. The lowest BCUT2D eigenvalue weighted by molar-refractivity contribution is -0.122. The molecule has 35 heavy (non-hydrogen) atoms. The van der Waals surface area contributed by atoms with Crippen molar-refractivity contribution in [3.05, 3.63) is 45.3 Å². The molecule has 0 bridgehead atoms. The molecule has 0 radical (unpaired) electrons. The Kier molecular flexibility index (Phi) is 6.45. The molecule has 1 aliphatic rings. The average molecular weight is 482 g/mol. The van der Waals surface area contributed by atoms with Crippen molar-refractivity contribution in [2.24, 2.45) is 17.9 Å². The second-order valence-corrected chi connectivity index (χ2v) is 12.1. The zero-order valence-electron chi connectivity index (χ0n) is 22.4. The fourth-order valence-electron chi connectivity index (χ4n) is 5.27. The van der Waals surface area contributed by atoms with Crippen LogP contribution in [0.25, 0.3) is 11.2 Å². The summed E-state index contributed by atoms with van der Waals surface area (Å²) in [6.45, 7) is 15.2. The number of nitrogens with zero attached hydrogens (tertiary/aromatic N) is 4. The summed E-state index contributed by atoms with van der Waals surface area (Å²) in [5.41, 5.74) is 4.14. The van der Waals surface area contributed by atoms with E-state index in [1.54, 1.807) is 11.6 Å². The lowest BCUT2D eigenvalue weighted by Crippen LogP contribution is -2.48. The van der Waals surface area contributed by atoms with Crippen LogP contribution in [0.1, 0.15) is 82.5 Å². The van der Waals surface area contributed by atoms with Crippen LogP contribution in [0.2, 0.25) is 0 Å². The third-order valence-corrected chi connectivity index (χ3v) is 7.51. The average Bonchev–Trinajstić information content (AvgIpc) is 3.20.